The summed E-state index contributed by atoms with van der Waals surface area (Å²) < 4.78 is 13.2. The summed E-state index contributed by atoms with van der Waals surface area (Å²) in [7, 11) is 0. The van der Waals surface area contributed by atoms with Gasteiger partial charge in [0.25, 0.3) is 0 Å². The van der Waals surface area contributed by atoms with E-state index in [9.17, 15) is 9.18 Å². The lowest BCUT2D eigenvalue weighted by Gasteiger charge is -2.33. The molecule has 0 aliphatic carbocycles. The van der Waals surface area contributed by atoms with Gasteiger partial charge in [-0.3, -0.25) is 4.79 Å². The maximum Gasteiger partial charge on any atom is 0.217 e. The first kappa shape index (κ1) is 12.8. The van der Waals surface area contributed by atoms with E-state index in [1.54, 1.807) is 6.07 Å². The van der Waals surface area contributed by atoms with Crippen LogP contribution in [-0.2, 0) is 4.79 Å². The number of piperidine rings is 1. The molecule has 1 amide bonds. The van der Waals surface area contributed by atoms with Gasteiger partial charge < -0.3 is 10.6 Å². The molecule has 1 aromatic rings. The molecule has 1 saturated heterocycles. The highest BCUT2D eigenvalue weighted by Crippen LogP contribution is 2.25. The van der Waals surface area contributed by atoms with Crippen LogP contribution in [0.15, 0.2) is 12.1 Å². The monoisotopic (exact) mass is 251 g/mol. The van der Waals surface area contributed by atoms with Gasteiger partial charge in [-0.1, -0.05) is 6.07 Å². The minimum absolute atomic E-state index is 0.242. The van der Waals surface area contributed by atoms with E-state index in [0.717, 1.165) is 31.5 Å². The van der Waals surface area contributed by atoms with Crippen LogP contribution >= 0.6 is 0 Å². The second kappa shape index (κ2) is 5.33. The fourth-order valence-electron chi connectivity index (χ4n) is 2.45. The molecule has 18 heavy (non-hydrogen) atoms. The molecule has 0 aromatic carbocycles. The Balaban J connectivity index is 2.01. The fraction of sp³-hybridized carbons (Fsp3) is 0.538. The largest absolute Gasteiger partial charge is 0.370 e. The first-order chi connectivity index (χ1) is 8.56. The lowest BCUT2D eigenvalue weighted by molar-refractivity contribution is -0.119. The minimum Gasteiger partial charge on any atom is -0.370 e. The molecule has 0 saturated carbocycles. The Bertz CT molecular complexity index is 442. The van der Waals surface area contributed by atoms with Gasteiger partial charge in [0.1, 0.15) is 5.82 Å². The number of nitrogens with zero attached hydrogens (tertiary/aromatic N) is 2. The smallest absolute Gasteiger partial charge is 0.217 e. The van der Waals surface area contributed by atoms with E-state index in [1.165, 1.54) is 6.07 Å². The molecule has 2 heterocycles. The number of halogens is 1. The average molecular weight is 251 g/mol. The number of rotatable bonds is 3. The third-order valence-electron chi connectivity index (χ3n) is 3.44. The Hall–Kier alpha value is -1.65. The van der Waals surface area contributed by atoms with Crippen molar-refractivity contribution in [1.82, 2.24) is 4.98 Å². The zero-order chi connectivity index (χ0) is 13.1. The zero-order valence-electron chi connectivity index (χ0n) is 10.5. The molecule has 98 valence electrons. The van der Waals surface area contributed by atoms with E-state index in [0.29, 0.717) is 18.2 Å². The predicted molar refractivity (Wildman–Crippen MR) is 67.7 cm³/mol. The van der Waals surface area contributed by atoms with Gasteiger partial charge in [0, 0.05) is 19.5 Å². The third-order valence-corrected chi connectivity index (χ3v) is 3.44. The molecule has 5 heteroatoms. The third kappa shape index (κ3) is 2.97. The highest BCUT2D eigenvalue weighted by Gasteiger charge is 2.22. The van der Waals surface area contributed by atoms with Crippen LogP contribution in [0.2, 0.25) is 0 Å². The molecule has 1 aliphatic heterocycles. The molecule has 2 rings (SSSR count). The molecule has 0 atom stereocenters. The molecule has 1 fully saturated rings. The Kier molecular flexibility index (Phi) is 3.79. The van der Waals surface area contributed by atoms with Gasteiger partial charge in [-0.2, -0.15) is 4.39 Å². The number of carbonyl (C=O) groups is 1. The standard InChI is InChI=1S/C13H18FN3O/c1-9-2-3-11(14)16-13(9)17-6-4-10(5-7-17)8-12(15)18/h2-3,10H,4-8H2,1H3,(H2,15,18). The summed E-state index contributed by atoms with van der Waals surface area (Å²) in [6.45, 7) is 3.53. The summed E-state index contributed by atoms with van der Waals surface area (Å²) >= 11 is 0. The second-order valence-corrected chi connectivity index (χ2v) is 4.88. The van der Waals surface area contributed by atoms with Gasteiger partial charge in [-0.15, -0.1) is 0 Å². The van der Waals surface area contributed by atoms with Gasteiger partial charge in [-0.25, -0.2) is 4.98 Å². The quantitative estimate of drug-likeness (QED) is 0.830. The van der Waals surface area contributed by atoms with Crippen LogP contribution in [0.3, 0.4) is 0 Å². The maximum atomic E-state index is 13.2. The van der Waals surface area contributed by atoms with Crippen molar-refractivity contribution < 1.29 is 9.18 Å². The van der Waals surface area contributed by atoms with Gasteiger partial charge in [0.05, 0.1) is 0 Å². The van der Waals surface area contributed by atoms with Gasteiger partial charge >= 0.3 is 0 Å². The summed E-state index contributed by atoms with van der Waals surface area (Å²) in [5, 5.41) is 0. The molecule has 4 nitrogen and oxygen atoms in total. The molecule has 0 spiro atoms. The predicted octanol–water partition coefficient (Wildman–Crippen LogP) is 1.62. The Morgan fingerprint density at radius 2 is 2.17 bits per heavy atom. The number of anilines is 1. The van der Waals surface area contributed by atoms with Gasteiger partial charge in [0.15, 0.2) is 0 Å². The highest BCUT2D eigenvalue weighted by atomic mass is 19.1. The Morgan fingerprint density at radius 3 is 2.78 bits per heavy atom. The van der Waals surface area contributed by atoms with Crippen LogP contribution in [0, 0.1) is 18.8 Å². The number of carbonyl (C=O) groups excluding carboxylic acids is 1. The number of nitrogens with two attached hydrogens (primary N) is 1. The second-order valence-electron chi connectivity index (χ2n) is 4.88. The van der Waals surface area contributed by atoms with E-state index < -0.39 is 5.95 Å². The van der Waals surface area contributed by atoms with Crippen molar-refractivity contribution in [2.75, 3.05) is 18.0 Å². The van der Waals surface area contributed by atoms with Crippen molar-refractivity contribution in [3.8, 4) is 0 Å². The minimum atomic E-state index is -0.449. The number of hydrogen-bond acceptors (Lipinski definition) is 3. The number of hydrogen-bond donors (Lipinski definition) is 1. The van der Waals surface area contributed by atoms with Crippen LogP contribution in [0.25, 0.3) is 0 Å². The number of aryl methyl sites for hydroxylation is 1. The lowest BCUT2D eigenvalue weighted by Crippen LogP contribution is -2.36. The van der Waals surface area contributed by atoms with Crippen molar-refractivity contribution in [3.63, 3.8) is 0 Å². The summed E-state index contributed by atoms with van der Waals surface area (Å²) in [6.07, 6.45) is 2.25. The molecule has 1 aromatic heterocycles. The van der Waals surface area contributed by atoms with E-state index in [2.05, 4.69) is 9.88 Å². The number of primary amides is 1. The molecule has 1 aliphatic rings. The van der Waals surface area contributed by atoms with Crippen molar-refractivity contribution in [2.24, 2.45) is 11.7 Å². The molecule has 0 bridgehead atoms. The van der Waals surface area contributed by atoms with Crippen LogP contribution in [0.5, 0.6) is 0 Å². The van der Waals surface area contributed by atoms with E-state index >= 15 is 0 Å². The Morgan fingerprint density at radius 1 is 1.50 bits per heavy atom. The van der Waals surface area contributed by atoms with Gasteiger partial charge in [-0.05, 0) is 37.3 Å². The van der Waals surface area contributed by atoms with Crippen LogP contribution < -0.4 is 10.6 Å². The zero-order valence-corrected chi connectivity index (χ0v) is 10.5. The topological polar surface area (TPSA) is 59.2 Å². The Labute approximate surface area is 106 Å². The highest BCUT2D eigenvalue weighted by molar-refractivity contribution is 5.74. The maximum absolute atomic E-state index is 13.2. The summed E-state index contributed by atoms with van der Waals surface area (Å²) in [5.74, 6) is 0.378. The average Bonchev–Trinajstić information content (AvgIpc) is 2.33. The van der Waals surface area contributed by atoms with Crippen molar-refractivity contribution in [2.45, 2.75) is 26.2 Å². The molecule has 0 radical (unpaired) electrons. The number of aromatic nitrogens is 1. The summed E-state index contributed by atoms with van der Waals surface area (Å²) in [4.78, 5) is 16.9. The first-order valence-corrected chi connectivity index (χ1v) is 6.22. The normalized spacial score (nSPS) is 16.9. The van der Waals surface area contributed by atoms with Crippen LogP contribution in [-0.4, -0.2) is 24.0 Å². The number of amides is 1. The van der Waals surface area contributed by atoms with Crippen molar-refractivity contribution in [1.29, 1.82) is 0 Å². The fourth-order valence-corrected chi connectivity index (χ4v) is 2.45. The van der Waals surface area contributed by atoms with Crippen LogP contribution in [0.4, 0.5) is 10.2 Å². The van der Waals surface area contributed by atoms with E-state index in [1.807, 2.05) is 6.92 Å². The molecule has 2 N–H and O–H groups in total. The van der Waals surface area contributed by atoms with Gasteiger partial charge in [0.2, 0.25) is 11.9 Å². The van der Waals surface area contributed by atoms with Crippen molar-refractivity contribution >= 4 is 11.7 Å². The van der Waals surface area contributed by atoms with E-state index in [4.69, 9.17) is 5.73 Å². The van der Waals surface area contributed by atoms with Crippen molar-refractivity contribution in [3.05, 3.63) is 23.6 Å². The molecular formula is C13H18FN3O. The summed E-state index contributed by atoms with van der Waals surface area (Å²) in [6, 6.07) is 3.12. The summed E-state index contributed by atoms with van der Waals surface area (Å²) in [5.41, 5.74) is 6.18. The van der Waals surface area contributed by atoms with Crippen LogP contribution in [0.1, 0.15) is 24.8 Å². The van der Waals surface area contributed by atoms with E-state index in [-0.39, 0.29) is 5.91 Å². The number of pyridine rings is 1. The molecular weight excluding hydrogens is 233 g/mol. The lowest BCUT2D eigenvalue weighted by atomic mass is 9.93. The first-order valence-electron chi connectivity index (χ1n) is 6.22. The SMILES string of the molecule is Cc1ccc(F)nc1N1CCC(CC(N)=O)CC1. The molecule has 0 unspecified atom stereocenters.